The molecule has 3 N–H and O–H groups in total. The number of hydrogen-bond donors (Lipinski definition) is 3. The number of nitrogens with one attached hydrogen (secondary N) is 3. The molecule has 0 spiro atoms. The summed E-state index contributed by atoms with van der Waals surface area (Å²) >= 11 is 11.8. The van der Waals surface area contributed by atoms with Gasteiger partial charge in [-0.2, -0.15) is 0 Å². The zero-order chi connectivity index (χ0) is 16.2. The first-order chi connectivity index (χ1) is 11.1. The van der Waals surface area contributed by atoms with Crippen LogP contribution in [0.1, 0.15) is 17.9 Å². The second kappa shape index (κ2) is 8.58. The van der Waals surface area contributed by atoms with Crippen molar-refractivity contribution in [3.05, 3.63) is 58.1 Å². The molecular formula is C17H18Cl3N3O. The number of halogens is 3. The highest BCUT2D eigenvalue weighted by molar-refractivity contribution is 6.42. The smallest absolute Gasteiger partial charge is 0.316 e. The van der Waals surface area contributed by atoms with Crippen LogP contribution in [0.15, 0.2) is 42.5 Å². The van der Waals surface area contributed by atoms with Crippen molar-refractivity contribution in [2.24, 2.45) is 0 Å². The Balaban J connectivity index is 0.00000208. The van der Waals surface area contributed by atoms with Crippen molar-refractivity contribution in [2.75, 3.05) is 23.7 Å². The molecule has 0 radical (unpaired) electrons. The molecule has 0 bridgehead atoms. The molecule has 2 aromatic carbocycles. The van der Waals surface area contributed by atoms with E-state index in [2.05, 4.69) is 28.1 Å². The molecule has 1 atom stereocenters. The Kier molecular flexibility index (Phi) is 6.75. The van der Waals surface area contributed by atoms with Gasteiger partial charge in [0.1, 0.15) is 0 Å². The van der Waals surface area contributed by atoms with E-state index in [0.717, 1.165) is 25.2 Å². The molecule has 1 aliphatic rings. The molecule has 7 heteroatoms. The maximum atomic E-state index is 12.0. The lowest BCUT2D eigenvalue weighted by atomic mass is 9.98. The first kappa shape index (κ1) is 18.9. The van der Waals surface area contributed by atoms with Gasteiger partial charge in [0, 0.05) is 17.9 Å². The highest BCUT2D eigenvalue weighted by Crippen LogP contribution is 2.26. The van der Waals surface area contributed by atoms with Crippen LogP contribution in [-0.4, -0.2) is 19.1 Å². The number of hydrogen-bond acceptors (Lipinski definition) is 2. The second-order valence-corrected chi connectivity index (χ2v) is 6.33. The van der Waals surface area contributed by atoms with Gasteiger partial charge >= 0.3 is 6.03 Å². The quantitative estimate of drug-likeness (QED) is 0.684. The molecule has 1 saturated heterocycles. The summed E-state index contributed by atoms with van der Waals surface area (Å²) in [4.78, 5) is 12.0. The van der Waals surface area contributed by atoms with Crippen molar-refractivity contribution in [1.29, 1.82) is 0 Å². The van der Waals surface area contributed by atoms with E-state index in [1.54, 1.807) is 18.2 Å². The van der Waals surface area contributed by atoms with Crippen molar-refractivity contribution in [2.45, 2.75) is 12.3 Å². The fourth-order valence-electron chi connectivity index (χ4n) is 2.65. The van der Waals surface area contributed by atoms with Crippen LogP contribution in [0, 0.1) is 0 Å². The van der Waals surface area contributed by atoms with Gasteiger partial charge in [0.2, 0.25) is 0 Å². The highest BCUT2D eigenvalue weighted by Gasteiger charge is 2.16. The first-order valence-corrected chi connectivity index (χ1v) is 8.21. The van der Waals surface area contributed by atoms with Gasteiger partial charge in [0.05, 0.1) is 10.0 Å². The monoisotopic (exact) mass is 385 g/mol. The van der Waals surface area contributed by atoms with Gasteiger partial charge in [0.15, 0.2) is 0 Å². The van der Waals surface area contributed by atoms with Crippen molar-refractivity contribution >= 4 is 53.0 Å². The number of carbonyl (C=O) groups is 1. The minimum Gasteiger partial charge on any atom is -0.316 e. The Morgan fingerprint density at radius 3 is 2.29 bits per heavy atom. The predicted octanol–water partition coefficient (Wildman–Crippen LogP) is 5.14. The normalized spacial score (nSPS) is 16.3. The molecule has 0 aliphatic carbocycles. The van der Waals surface area contributed by atoms with Crippen molar-refractivity contribution in [3.8, 4) is 0 Å². The van der Waals surface area contributed by atoms with Gasteiger partial charge in [-0.25, -0.2) is 4.79 Å². The minimum atomic E-state index is -0.321. The third kappa shape index (κ3) is 4.77. The van der Waals surface area contributed by atoms with Gasteiger partial charge in [-0.15, -0.1) is 12.4 Å². The molecule has 0 saturated carbocycles. The van der Waals surface area contributed by atoms with Crippen LogP contribution in [0.3, 0.4) is 0 Å². The molecule has 3 rings (SSSR count). The number of rotatable bonds is 3. The number of carbonyl (C=O) groups excluding carboxylic acids is 1. The summed E-state index contributed by atoms with van der Waals surface area (Å²) in [5.41, 5.74) is 2.63. The van der Waals surface area contributed by atoms with Gasteiger partial charge in [-0.3, -0.25) is 0 Å². The fraction of sp³-hybridized carbons (Fsp3) is 0.235. The fourth-order valence-corrected chi connectivity index (χ4v) is 2.94. The van der Waals surface area contributed by atoms with Gasteiger partial charge in [-0.05, 0) is 54.8 Å². The maximum absolute atomic E-state index is 12.0. The van der Waals surface area contributed by atoms with Crippen molar-refractivity contribution in [1.82, 2.24) is 5.32 Å². The molecule has 1 unspecified atom stereocenters. The molecule has 2 aromatic rings. The van der Waals surface area contributed by atoms with Gasteiger partial charge in [-0.1, -0.05) is 35.3 Å². The van der Waals surface area contributed by atoms with Gasteiger partial charge < -0.3 is 16.0 Å². The molecule has 4 nitrogen and oxygen atoms in total. The van der Waals surface area contributed by atoms with E-state index in [1.807, 2.05) is 12.1 Å². The van der Waals surface area contributed by atoms with E-state index in [1.165, 1.54) is 5.56 Å². The average Bonchev–Trinajstić information content (AvgIpc) is 3.06. The Hall–Kier alpha value is -1.46. The number of amides is 2. The second-order valence-electron chi connectivity index (χ2n) is 5.52. The standard InChI is InChI=1S/C17H17Cl2N3O.ClH/c18-15-6-5-14(9-16(15)19)22-17(23)21-13-3-1-11(2-4-13)12-7-8-20-10-12;/h1-6,9,12,20H,7-8,10H2,(H2,21,22,23);1H. The van der Waals surface area contributed by atoms with Gasteiger partial charge in [0.25, 0.3) is 0 Å². The zero-order valence-electron chi connectivity index (χ0n) is 12.8. The number of anilines is 2. The average molecular weight is 387 g/mol. The molecule has 1 fully saturated rings. The lowest BCUT2D eigenvalue weighted by molar-refractivity contribution is 0.262. The Morgan fingerprint density at radius 1 is 1.00 bits per heavy atom. The van der Waals surface area contributed by atoms with Crippen LogP contribution in [0.5, 0.6) is 0 Å². The Bertz CT molecular complexity index is 701. The third-order valence-corrected chi connectivity index (χ3v) is 4.62. The summed E-state index contributed by atoms with van der Waals surface area (Å²) in [5, 5.41) is 9.73. The highest BCUT2D eigenvalue weighted by atomic mass is 35.5. The molecular weight excluding hydrogens is 369 g/mol. The summed E-state index contributed by atoms with van der Waals surface area (Å²) in [6, 6.07) is 12.6. The molecule has 128 valence electrons. The largest absolute Gasteiger partial charge is 0.323 e. The van der Waals surface area contributed by atoms with Crippen LogP contribution in [-0.2, 0) is 0 Å². The minimum absolute atomic E-state index is 0. The summed E-state index contributed by atoms with van der Waals surface area (Å²) < 4.78 is 0. The molecule has 2 amide bonds. The summed E-state index contributed by atoms with van der Waals surface area (Å²) in [6.45, 7) is 2.08. The van der Waals surface area contributed by atoms with E-state index < -0.39 is 0 Å². The number of benzene rings is 2. The SMILES string of the molecule is Cl.O=C(Nc1ccc(C2CCNC2)cc1)Nc1ccc(Cl)c(Cl)c1. The lowest BCUT2D eigenvalue weighted by Gasteiger charge is -2.11. The number of urea groups is 1. The van der Waals surface area contributed by atoms with Crippen molar-refractivity contribution in [3.63, 3.8) is 0 Å². The Morgan fingerprint density at radius 2 is 1.67 bits per heavy atom. The maximum Gasteiger partial charge on any atom is 0.323 e. The lowest BCUT2D eigenvalue weighted by Crippen LogP contribution is -2.19. The van der Waals surface area contributed by atoms with Crippen LogP contribution in [0.4, 0.5) is 16.2 Å². The molecule has 1 heterocycles. The Labute approximate surface area is 157 Å². The topological polar surface area (TPSA) is 53.2 Å². The van der Waals surface area contributed by atoms with Crippen LogP contribution in [0.2, 0.25) is 10.0 Å². The molecule has 0 aromatic heterocycles. The predicted molar refractivity (Wildman–Crippen MR) is 103 cm³/mol. The zero-order valence-corrected chi connectivity index (χ0v) is 15.1. The first-order valence-electron chi connectivity index (χ1n) is 7.45. The van der Waals surface area contributed by atoms with E-state index in [0.29, 0.717) is 21.7 Å². The van der Waals surface area contributed by atoms with Crippen molar-refractivity contribution < 1.29 is 4.79 Å². The molecule has 24 heavy (non-hydrogen) atoms. The summed E-state index contributed by atoms with van der Waals surface area (Å²) in [7, 11) is 0. The third-order valence-electron chi connectivity index (χ3n) is 3.88. The van der Waals surface area contributed by atoms with E-state index in [-0.39, 0.29) is 18.4 Å². The summed E-state index contributed by atoms with van der Waals surface area (Å²) in [5.74, 6) is 0.564. The summed E-state index contributed by atoms with van der Waals surface area (Å²) in [6.07, 6.45) is 1.16. The van der Waals surface area contributed by atoms with Crippen LogP contribution in [0.25, 0.3) is 0 Å². The van der Waals surface area contributed by atoms with Crippen LogP contribution >= 0.6 is 35.6 Å². The van der Waals surface area contributed by atoms with Crippen LogP contribution < -0.4 is 16.0 Å². The molecule has 1 aliphatic heterocycles. The van der Waals surface area contributed by atoms with E-state index in [4.69, 9.17) is 23.2 Å². The van der Waals surface area contributed by atoms with E-state index in [9.17, 15) is 4.79 Å². The van der Waals surface area contributed by atoms with E-state index >= 15 is 0 Å².